The Kier molecular flexibility index (Phi) is 5.83. The van der Waals surface area contributed by atoms with Crippen molar-refractivity contribution in [3.8, 4) is 5.75 Å². The molecular weight excluding hydrogens is 352 g/mol. The van der Waals surface area contributed by atoms with Gasteiger partial charge in [0.25, 0.3) is 5.91 Å². The van der Waals surface area contributed by atoms with Gasteiger partial charge >= 0.3 is 0 Å². The van der Waals surface area contributed by atoms with Gasteiger partial charge in [0.05, 0.1) is 19.8 Å². The van der Waals surface area contributed by atoms with Crippen LogP contribution < -0.4 is 10.5 Å². The van der Waals surface area contributed by atoms with Crippen molar-refractivity contribution in [2.75, 3.05) is 13.7 Å². The van der Waals surface area contributed by atoms with Gasteiger partial charge in [-0.25, -0.2) is 0 Å². The standard InChI is InChI=1S/C23H30N2O3/c1-27-21-12-10-16-6-2-5-9-19(16)20(21)15-25(17-7-3-4-8-17)23(26)22-13-11-18(14-24)28-22/h2,5-6,9-10,12,17-18,22H,3-4,7-8,11,13-15,24H2,1H3/t18-,22+/m1/s1. The molecule has 0 bridgehead atoms. The molecule has 0 radical (unpaired) electrons. The van der Waals surface area contributed by atoms with E-state index in [1.807, 2.05) is 18.2 Å². The van der Waals surface area contributed by atoms with Crippen molar-refractivity contribution in [1.29, 1.82) is 0 Å². The van der Waals surface area contributed by atoms with Gasteiger partial charge in [-0.15, -0.1) is 0 Å². The summed E-state index contributed by atoms with van der Waals surface area (Å²) in [4.78, 5) is 15.5. The van der Waals surface area contributed by atoms with Gasteiger partial charge in [-0.3, -0.25) is 4.79 Å². The van der Waals surface area contributed by atoms with E-state index in [0.717, 1.165) is 47.8 Å². The molecule has 0 spiro atoms. The Bertz CT molecular complexity index is 832. The predicted molar refractivity (Wildman–Crippen MR) is 110 cm³/mol. The SMILES string of the molecule is COc1ccc2ccccc2c1CN(C(=O)[C@@H]1CC[C@H](CN)O1)C1CCCC1. The molecule has 4 rings (SSSR count). The summed E-state index contributed by atoms with van der Waals surface area (Å²) < 4.78 is 11.6. The first kappa shape index (κ1) is 19.2. The molecule has 1 saturated carbocycles. The van der Waals surface area contributed by atoms with Crippen LogP contribution in [0.2, 0.25) is 0 Å². The lowest BCUT2D eigenvalue weighted by Gasteiger charge is -2.32. The van der Waals surface area contributed by atoms with Crippen LogP contribution in [0.15, 0.2) is 36.4 Å². The number of methoxy groups -OCH3 is 1. The first-order valence-electron chi connectivity index (χ1n) is 10.4. The zero-order chi connectivity index (χ0) is 19.5. The smallest absolute Gasteiger partial charge is 0.252 e. The molecule has 2 aromatic carbocycles. The van der Waals surface area contributed by atoms with E-state index < -0.39 is 0 Å². The molecule has 1 aliphatic carbocycles. The minimum Gasteiger partial charge on any atom is -0.496 e. The Morgan fingerprint density at radius 1 is 1.14 bits per heavy atom. The van der Waals surface area contributed by atoms with Crippen LogP contribution in [-0.4, -0.2) is 42.7 Å². The van der Waals surface area contributed by atoms with Crippen LogP contribution in [0.4, 0.5) is 0 Å². The molecule has 2 aromatic rings. The summed E-state index contributed by atoms with van der Waals surface area (Å²) in [5.41, 5.74) is 6.83. The van der Waals surface area contributed by atoms with E-state index in [4.69, 9.17) is 15.2 Å². The molecule has 1 saturated heterocycles. The summed E-state index contributed by atoms with van der Waals surface area (Å²) in [7, 11) is 1.70. The molecule has 28 heavy (non-hydrogen) atoms. The maximum Gasteiger partial charge on any atom is 0.252 e. The fourth-order valence-electron chi connectivity index (χ4n) is 4.69. The molecule has 5 nitrogen and oxygen atoms in total. The Hall–Kier alpha value is -2.11. The van der Waals surface area contributed by atoms with Crippen LogP contribution in [0.5, 0.6) is 5.75 Å². The normalized spacial score (nSPS) is 22.6. The number of nitrogens with two attached hydrogens (primary N) is 1. The first-order valence-corrected chi connectivity index (χ1v) is 10.4. The second kappa shape index (κ2) is 8.50. The Labute approximate surface area is 166 Å². The topological polar surface area (TPSA) is 64.8 Å². The number of hydrogen-bond donors (Lipinski definition) is 1. The minimum atomic E-state index is -0.366. The minimum absolute atomic E-state index is 0.00599. The van der Waals surface area contributed by atoms with Crippen LogP contribution in [0.1, 0.15) is 44.1 Å². The first-order chi connectivity index (χ1) is 13.7. The maximum atomic E-state index is 13.5. The zero-order valence-electron chi connectivity index (χ0n) is 16.6. The predicted octanol–water partition coefficient (Wildman–Crippen LogP) is 3.63. The number of nitrogens with zero attached hydrogens (tertiary/aromatic N) is 1. The van der Waals surface area contributed by atoms with Crippen LogP contribution in [0, 0.1) is 0 Å². The largest absolute Gasteiger partial charge is 0.496 e. The van der Waals surface area contributed by atoms with Crippen molar-refractivity contribution in [2.24, 2.45) is 5.73 Å². The third kappa shape index (κ3) is 3.74. The Morgan fingerprint density at radius 3 is 2.64 bits per heavy atom. The number of carbonyl (C=O) groups is 1. The molecule has 0 aromatic heterocycles. The number of carbonyl (C=O) groups excluding carboxylic acids is 1. The van der Waals surface area contributed by atoms with Crippen molar-refractivity contribution in [1.82, 2.24) is 4.90 Å². The lowest BCUT2D eigenvalue weighted by molar-refractivity contribution is -0.145. The van der Waals surface area contributed by atoms with E-state index in [1.54, 1.807) is 7.11 Å². The molecule has 2 N–H and O–H groups in total. The van der Waals surface area contributed by atoms with Crippen LogP contribution >= 0.6 is 0 Å². The average molecular weight is 383 g/mol. The third-order valence-electron chi connectivity index (χ3n) is 6.24. The van der Waals surface area contributed by atoms with Gasteiger partial charge in [-0.1, -0.05) is 43.2 Å². The molecule has 2 fully saturated rings. The van der Waals surface area contributed by atoms with E-state index in [2.05, 4.69) is 23.1 Å². The second-order valence-electron chi connectivity index (χ2n) is 7.93. The monoisotopic (exact) mass is 382 g/mol. The summed E-state index contributed by atoms with van der Waals surface area (Å²) in [6.07, 6.45) is 5.74. The van der Waals surface area contributed by atoms with Crippen molar-refractivity contribution < 1.29 is 14.3 Å². The highest BCUT2D eigenvalue weighted by Crippen LogP contribution is 2.33. The lowest BCUT2D eigenvalue weighted by Crippen LogP contribution is -2.44. The van der Waals surface area contributed by atoms with E-state index in [0.29, 0.717) is 13.1 Å². The van der Waals surface area contributed by atoms with Gasteiger partial charge in [0.1, 0.15) is 11.9 Å². The number of hydrogen-bond acceptors (Lipinski definition) is 4. The Morgan fingerprint density at radius 2 is 1.93 bits per heavy atom. The van der Waals surface area contributed by atoms with Crippen LogP contribution in [-0.2, 0) is 16.1 Å². The van der Waals surface area contributed by atoms with E-state index in [9.17, 15) is 4.79 Å². The van der Waals surface area contributed by atoms with E-state index in [-0.39, 0.29) is 24.2 Å². The van der Waals surface area contributed by atoms with Crippen molar-refractivity contribution in [3.63, 3.8) is 0 Å². The quantitative estimate of drug-likeness (QED) is 0.829. The van der Waals surface area contributed by atoms with Crippen molar-refractivity contribution >= 4 is 16.7 Å². The molecule has 2 atom stereocenters. The van der Waals surface area contributed by atoms with E-state index in [1.165, 1.54) is 12.8 Å². The van der Waals surface area contributed by atoms with Crippen molar-refractivity contribution in [3.05, 3.63) is 42.0 Å². The lowest BCUT2D eigenvalue weighted by atomic mass is 10.0. The summed E-state index contributed by atoms with van der Waals surface area (Å²) >= 11 is 0. The molecule has 5 heteroatoms. The van der Waals surface area contributed by atoms with Crippen LogP contribution in [0.25, 0.3) is 10.8 Å². The average Bonchev–Trinajstić information content (AvgIpc) is 3.43. The molecule has 0 unspecified atom stereocenters. The number of benzene rings is 2. The highest BCUT2D eigenvalue weighted by molar-refractivity contribution is 5.88. The molecule has 1 amide bonds. The molecular formula is C23H30N2O3. The number of ether oxygens (including phenoxy) is 2. The third-order valence-corrected chi connectivity index (χ3v) is 6.24. The van der Waals surface area contributed by atoms with Gasteiger partial charge in [-0.05, 0) is 42.5 Å². The van der Waals surface area contributed by atoms with E-state index >= 15 is 0 Å². The molecule has 150 valence electrons. The summed E-state index contributed by atoms with van der Waals surface area (Å²) in [6, 6.07) is 12.7. The second-order valence-corrected chi connectivity index (χ2v) is 7.93. The van der Waals surface area contributed by atoms with Crippen molar-refractivity contribution in [2.45, 2.75) is 63.3 Å². The summed E-state index contributed by atoms with van der Waals surface area (Å²) in [6.45, 7) is 1.03. The van der Waals surface area contributed by atoms with Gasteiger partial charge in [0.2, 0.25) is 0 Å². The highest BCUT2D eigenvalue weighted by Gasteiger charge is 2.37. The Balaban J connectivity index is 1.67. The molecule has 1 heterocycles. The number of rotatable bonds is 6. The number of fused-ring (bicyclic) bond motifs is 1. The summed E-state index contributed by atoms with van der Waals surface area (Å²) in [5.74, 6) is 0.944. The fourth-order valence-corrected chi connectivity index (χ4v) is 4.69. The highest BCUT2D eigenvalue weighted by atomic mass is 16.5. The van der Waals surface area contributed by atoms with Gasteiger partial charge in [0.15, 0.2) is 0 Å². The van der Waals surface area contributed by atoms with Crippen LogP contribution in [0.3, 0.4) is 0 Å². The van der Waals surface area contributed by atoms with Gasteiger partial charge in [0, 0.05) is 18.2 Å². The fraction of sp³-hybridized carbons (Fsp3) is 0.522. The zero-order valence-corrected chi connectivity index (χ0v) is 16.6. The van der Waals surface area contributed by atoms with Gasteiger partial charge in [-0.2, -0.15) is 0 Å². The van der Waals surface area contributed by atoms with Gasteiger partial charge < -0.3 is 20.1 Å². The molecule has 1 aliphatic heterocycles. The molecule has 2 aliphatic rings. The summed E-state index contributed by atoms with van der Waals surface area (Å²) in [5, 5.41) is 2.31. The maximum absolute atomic E-state index is 13.5. The number of amides is 1.